The Morgan fingerprint density at radius 3 is 2.56 bits per heavy atom. The standard InChI is InChI=1S/C18H23NO7S/c1-12(20)25-11-13-7-8-15(14(10-13)19-27(3,23)24)26-17(22)18(2)9-5-4-6-16(18)21/h7-8,10,19H,4-6,9,11H2,1-3H3. The first kappa shape index (κ1) is 20.9. The predicted molar refractivity (Wildman–Crippen MR) is 97.6 cm³/mol. The summed E-state index contributed by atoms with van der Waals surface area (Å²) in [7, 11) is -3.65. The van der Waals surface area contributed by atoms with Crippen molar-refractivity contribution < 1.29 is 32.3 Å². The zero-order valence-corrected chi connectivity index (χ0v) is 16.4. The van der Waals surface area contributed by atoms with E-state index in [1.807, 2.05) is 0 Å². The van der Waals surface area contributed by atoms with Gasteiger partial charge in [0.25, 0.3) is 0 Å². The van der Waals surface area contributed by atoms with E-state index in [9.17, 15) is 22.8 Å². The highest BCUT2D eigenvalue weighted by atomic mass is 32.2. The summed E-state index contributed by atoms with van der Waals surface area (Å²) < 4.78 is 35.8. The number of sulfonamides is 1. The molecule has 0 spiro atoms. The Bertz CT molecular complexity index is 862. The summed E-state index contributed by atoms with van der Waals surface area (Å²) in [5.74, 6) is -1.39. The average molecular weight is 397 g/mol. The number of anilines is 1. The average Bonchev–Trinajstić information content (AvgIpc) is 2.56. The third kappa shape index (κ3) is 5.53. The van der Waals surface area contributed by atoms with Crippen molar-refractivity contribution in [2.45, 2.75) is 46.1 Å². The van der Waals surface area contributed by atoms with E-state index in [2.05, 4.69) is 4.72 Å². The second-order valence-corrected chi connectivity index (χ2v) is 8.59. The molecule has 8 nitrogen and oxygen atoms in total. The number of Topliss-reactive ketones (excluding diaryl/α,β-unsaturated/α-hetero) is 1. The molecule has 0 amide bonds. The van der Waals surface area contributed by atoms with Gasteiger partial charge in [0, 0.05) is 13.3 Å². The zero-order valence-electron chi connectivity index (χ0n) is 15.5. The van der Waals surface area contributed by atoms with Crippen LogP contribution in [0.1, 0.15) is 45.1 Å². The molecular formula is C18H23NO7S. The quantitative estimate of drug-likeness (QED) is 0.444. The first-order chi connectivity index (χ1) is 12.5. The van der Waals surface area contributed by atoms with Crippen LogP contribution in [0.25, 0.3) is 0 Å². The minimum atomic E-state index is -3.65. The molecule has 1 atom stereocenters. The molecule has 1 aromatic carbocycles. The van der Waals surface area contributed by atoms with Crippen LogP contribution in [-0.4, -0.2) is 32.4 Å². The van der Waals surface area contributed by atoms with E-state index in [0.717, 1.165) is 19.1 Å². The van der Waals surface area contributed by atoms with Crippen molar-refractivity contribution >= 4 is 33.4 Å². The van der Waals surface area contributed by atoms with Gasteiger partial charge in [-0.25, -0.2) is 8.42 Å². The number of hydrogen-bond donors (Lipinski definition) is 1. The van der Waals surface area contributed by atoms with Gasteiger partial charge in [-0.1, -0.05) is 12.5 Å². The van der Waals surface area contributed by atoms with Gasteiger partial charge in [-0.2, -0.15) is 0 Å². The van der Waals surface area contributed by atoms with Crippen molar-refractivity contribution in [2.75, 3.05) is 11.0 Å². The molecule has 1 aliphatic rings. The molecule has 1 N–H and O–H groups in total. The minimum Gasteiger partial charge on any atom is -0.461 e. The lowest BCUT2D eigenvalue weighted by Gasteiger charge is -2.29. The van der Waals surface area contributed by atoms with Gasteiger partial charge >= 0.3 is 11.9 Å². The van der Waals surface area contributed by atoms with E-state index in [4.69, 9.17) is 9.47 Å². The van der Waals surface area contributed by atoms with Gasteiger partial charge in [-0.15, -0.1) is 0 Å². The van der Waals surface area contributed by atoms with Gasteiger partial charge in [-0.05, 0) is 37.5 Å². The fraction of sp³-hybridized carbons (Fsp3) is 0.500. The lowest BCUT2D eigenvalue weighted by molar-refractivity contribution is -0.153. The van der Waals surface area contributed by atoms with E-state index < -0.39 is 27.4 Å². The van der Waals surface area contributed by atoms with Crippen LogP contribution < -0.4 is 9.46 Å². The van der Waals surface area contributed by atoms with Gasteiger partial charge in [0.05, 0.1) is 11.9 Å². The normalized spacial score (nSPS) is 20.0. The largest absolute Gasteiger partial charge is 0.461 e. The Balaban J connectivity index is 2.29. The molecule has 1 aliphatic carbocycles. The number of esters is 2. The Morgan fingerprint density at radius 1 is 1.26 bits per heavy atom. The van der Waals surface area contributed by atoms with Crippen molar-refractivity contribution in [3.8, 4) is 5.75 Å². The monoisotopic (exact) mass is 397 g/mol. The number of carbonyl (C=O) groups excluding carboxylic acids is 3. The van der Waals surface area contributed by atoms with Crippen molar-refractivity contribution in [3.63, 3.8) is 0 Å². The number of hydrogen-bond acceptors (Lipinski definition) is 7. The second kappa shape index (κ2) is 8.08. The van der Waals surface area contributed by atoms with E-state index in [1.54, 1.807) is 13.0 Å². The molecule has 1 fully saturated rings. The van der Waals surface area contributed by atoms with Crippen LogP contribution in [0.2, 0.25) is 0 Å². The highest BCUT2D eigenvalue weighted by molar-refractivity contribution is 7.92. The molecule has 0 heterocycles. The highest BCUT2D eigenvalue weighted by Crippen LogP contribution is 2.36. The van der Waals surface area contributed by atoms with Crippen LogP contribution in [-0.2, 0) is 35.8 Å². The topological polar surface area (TPSA) is 116 Å². The fourth-order valence-corrected chi connectivity index (χ4v) is 3.39. The SMILES string of the molecule is CC(=O)OCc1ccc(OC(=O)C2(C)CCCCC2=O)c(NS(C)(=O)=O)c1. The number of rotatable bonds is 6. The molecule has 2 rings (SSSR count). The van der Waals surface area contributed by atoms with Crippen LogP contribution in [0.3, 0.4) is 0 Å². The second-order valence-electron chi connectivity index (χ2n) is 6.84. The lowest BCUT2D eigenvalue weighted by Crippen LogP contribution is -2.41. The molecule has 1 aromatic rings. The summed E-state index contributed by atoms with van der Waals surface area (Å²) in [5.41, 5.74) is -0.699. The Hall–Kier alpha value is -2.42. The van der Waals surface area contributed by atoms with Crippen LogP contribution in [0, 0.1) is 5.41 Å². The third-order valence-corrected chi connectivity index (χ3v) is 4.97. The molecule has 0 radical (unpaired) electrons. The van der Waals surface area contributed by atoms with Gasteiger partial charge in [0.1, 0.15) is 17.8 Å². The van der Waals surface area contributed by atoms with Crippen molar-refractivity contribution in [3.05, 3.63) is 23.8 Å². The van der Waals surface area contributed by atoms with E-state index in [1.165, 1.54) is 19.1 Å². The zero-order chi connectivity index (χ0) is 20.2. The van der Waals surface area contributed by atoms with E-state index in [0.29, 0.717) is 18.4 Å². The fourth-order valence-electron chi connectivity index (χ4n) is 2.83. The molecule has 0 saturated heterocycles. The summed E-state index contributed by atoms with van der Waals surface area (Å²) in [6.45, 7) is 2.75. The molecule has 0 aliphatic heterocycles. The number of ether oxygens (including phenoxy) is 2. The number of ketones is 1. The van der Waals surface area contributed by atoms with Gasteiger partial charge in [0.15, 0.2) is 5.75 Å². The maximum Gasteiger partial charge on any atom is 0.324 e. The van der Waals surface area contributed by atoms with Crippen molar-refractivity contribution in [1.82, 2.24) is 0 Å². The summed E-state index contributed by atoms with van der Waals surface area (Å²) in [6.07, 6.45) is 3.16. The van der Waals surface area contributed by atoms with Crippen LogP contribution in [0.4, 0.5) is 5.69 Å². The summed E-state index contributed by atoms with van der Waals surface area (Å²) in [6, 6.07) is 4.36. The minimum absolute atomic E-state index is 0.0170. The summed E-state index contributed by atoms with van der Waals surface area (Å²) in [5, 5.41) is 0. The van der Waals surface area contributed by atoms with E-state index >= 15 is 0 Å². The van der Waals surface area contributed by atoms with E-state index in [-0.39, 0.29) is 23.8 Å². The summed E-state index contributed by atoms with van der Waals surface area (Å²) in [4.78, 5) is 35.8. The van der Waals surface area contributed by atoms with Crippen molar-refractivity contribution in [1.29, 1.82) is 0 Å². The molecule has 9 heteroatoms. The van der Waals surface area contributed by atoms with Gasteiger partial charge in [0.2, 0.25) is 10.0 Å². The third-order valence-electron chi connectivity index (χ3n) is 4.38. The number of nitrogens with one attached hydrogen (secondary N) is 1. The maximum atomic E-state index is 12.6. The smallest absolute Gasteiger partial charge is 0.324 e. The molecule has 1 unspecified atom stereocenters. The molecule has 27 heavy (non-hydrogen) atoms. The van der Waals surface area contributed by atoms with Gasteiger partial charge in [-0.3, -0.25) is 19.1 Å². The molecule has 0 aromatic heterocycles. The Morgan fingerprint density at radius 2 is 1.96 bits per heavy atom. The molecule has 1 saturated carbocycles. The van der Waals surface area contributed by atoms with Gasteiger partial charge < -0.3 is 9.47 Å². The summed E-state index contributed by atoms with van der Waals surface area (Å²) >= 11 is 0. The molecular weight excluding hydrogens is 374 g/mol. The predicted octanol–water partition coefficient (Wildman–Crippen LogP) is 2.18. The molecule has 0 bridgehead atoms. The first-order valence-corrected chi connectivity index (χ1v) is 10.4. The van der Waals surface area contributed by atoms with Crippen molar-refractivity contribution in [2.24, 2.45) is 5.41 Å². The number of carbonyl (C=O) groups is 3. The lowest BCUT2D eigenvalue weighted by atomic mass is 9.74. The first-order valence-electron chi connectivity index (χ1n) is 8.51. The maximum absolute atomic E-state index is 12.6. The van der Waals surface area contributed by atoms with Crippen LogP contribution >= 0.6 is 0 Å². The van der Waals surface area contributed by atoms with Crippen LogP contribution in [0.5, 0.6) is 5.75 Å². The molecule has 148 valence electrons. The Labute approximate surface area is 158 Å². The number of benzene rings is 1. The highest BCUT2D eigenvalue weighted by Gasteiger charge is 2.44. The Kier molecular flexibility index (Phi) is 6.25. The van der Waals surface area contributed by atoms with Crippen LogP contribution in [0.15, 0.2) is 18.2 Å².